The normalized spacial score (nSPS) is 10.2. The van der Waals surface area contributed by atoms with Crippen molar-refractivity contribution in [3.63, 3.8) is 0 Å². The maximum absolute atomic E-state index is 10.9. The number of hydrogen-bond donors (Lipinski definition) is 2. The van der Waals surface area contributed by atoms with E-state index in [1.165, 1.54) is 0 Å². The van der Waals surface area contributed by atoms with Gasteiger partial charge in [-0.3, -0.25) is 10.2 Å². The van der Waals surface area contributed by atoms with Gasteiger partial charge < -0.3 is 4.74 Å². The highest BCUT2D eigenvalue weighted by Crippen LogP contribution is 2.28. The Morgan fingerprint density at radius 2 is 2.17 bits per heavy atom. The number of halogens is 2. The summed E-state index contributed by atoms with van der Waals surface area (Å²) in [6, 6.07) is 5.48. The summed E-state index contributed by atoms with van der Waals surface area (Å²) >= 11 is 9.34. The summed E-state index contributed by atoms with van der Waals surface area (Å²) in [7, 11) is 0. The van der Waals surface area contributed by atoms with Crippen LogP contribution in [-0.4, -0.2) is 12.5 Å². The average molecular weight is 336 g/mol. The molecule has 0 aliphatic carbocycles. The van der Waals surface area contributed by atoms with Gasteiger partial charge in [-0.05, 0) is 37.5 Å². The number of hydrogen-bond acceptors (Lipinski definition) is 3. The molecule has 0 aromatic heterocycles. The molecule has 0 radical (unpaired) electrons. The number of benzene rings is 1. The van der Waals surface area contributed by atoms with Crippen molar-refractivity contribution < 1.29 is 9.53 Å². The number of carbonyl (C=O) groups is 1. The molecule has 0 atom stereocenters. The Balaban J connectivity index is 2.18. The van der Waals surface area contributed by atoms with Crippen molar-refractivity contribution >= 4 is 33.4 Å². The topological polar surface area (TPSA) is 64.3 Å². The minimum atomic E-state index is -0.133. The van der Waals surface area contributed by atoms with E-state index in [4.69, 9.17) is 22.2 Å². The summed E-state index contributed by atoms with van der Waals surface area (Å²) in [6.07, 6.45) is 3.05. The lowest BCUT2D eigenvalue weighted by molar-refractivity contribution is -0.121. The van der Waals surface area contributed by atoms with Crippen molar-refractivity contribution in [2.24, 2.45) is 5.84 Å². The van der Waals surface area contributed by atoms with E-state index in [-0.39, 0.29) is 5.91 Å². The zero-order valence-corrected chi connectivity index (χ0v) is 12.3. The molecule has 0 heterocycles. The van der Waals surface area contributed by atoms with Crippen molar-refractivity contribution in [2.75, 3.05) is 6.61 Å². The van der Waals surface area contributed by atoms with Crippen molar-refractivity contribution in [3.8, 4) is 5.75 Å². The van der Waals surface area contributed by atoms with Crippen LogP contribution in [0.5, 0.6) is 5.75 Å². The van der Waals surface area contributed by atoms with Gasteiger partial charge in [0.2, 0.25) is 5.91 Å². The molecule has 1 aromatic rings. The molecular weight excluding hydrogens is 320 g/mol. The molecule has 1 amide bonds. The first-order valence-corrected chi connectivity index (χ1v) is 6.88. The molecule has 0 saturated heterocycles. The number of amides is 1. The molecule has 0 saturated carbocycles. The molecule has 1 aromatic carbocycles. The van der Waals surface area contributed by atoms with Crippen LogP contribution in [0.25, 0.3) is 0 Å². The number of carbonyl (C=O) groups excluding carboxylic acids is 1. The van der Waals surface area contributed by atoms with Crippen LogP contribution in [0.4, 0.5) is 0 Å². The minimum absolute atomic E-state index is 0.133. The van der Waals surface area contributed by atoms with E-state index in [0.717, 1.165) is 23.7 Å². The third-order valence-corrected chi connectivity index (χ3v) is 3.17. The number of nitrogens with two attached hydrogens (primary N) is 1. The number of nitrogens with one attached hydrogen (secondary N) is 1. The summed E-state index contributed by atoms with van der Waals surface area (Å²) in [5.41, 5.74) is 2.10. The van der Waals surface area contributed by atoms with E-state index >= 15 is 0 Å². The fourth-order valence-electron chi connectivity index (χ4n) is 1.41. The summed E-state index contributed by atoms with van der Waals surface area (Å²) in [5.74, 6) is 5.52. The molecule has 1 rings (SSSR count). The van der Waals surface area contributed by atoms with E-state index in [9.17, 15) is 4.79 Å². The summed E-state index contributed by atoms with van der Waals surface area (Å²) in [5, 5.41) is 0.598. The van der Waals surface area contributed by atoms with Crippen molar-refractivity contribution in [2.45, 2.75) is 25.7 Å². The van der Waals surface area contributed by atoms with Crippen molar-refractivity contribution in [1.29, 1.82) is 0 Å². The SMILES string of the molecule is NNC(=O)CCCCCOc1cc(Br)ccc1Cl. The number of unbranched alkanes of at least 4 members (excludes halogenated alkanes) is 2. The molecule has 6 heteroatoms. The lowest BCUT2D eigenvalue weighted by atomic mass is 10.2. The van der Waals surface area contributed by atoms with Crippen LogP contribution in [0.2, 0.25) is 5.02 Å². The first-order chi connectivity index (χ1) is 8.63. The molecule has 0 unspecified atom stereocenters. The maximum Gasteiger partial charge on any atom is 0.233 e. The lowest BCUT2D eigenvalue weighted by Crippen LogP contribution is -2.29. The maximum atomic E-state index is 10.9. The van der Waals surface area contributed by atoms with E-state index in [2.05, 4.69) is 21.4 Å². The largest absolute Gasteiger partial charge is 0.492 e. The van der Waals surface area contributed by atoms with Crippen LogP contribution in [0.15, 0.2) is 22.7 Å². The van der Waals surface area contributed by atoms with Gasteiger partial charge in [0.1, 0.15) is 5.75 Å². The highest BCUT2D eigenvalue weighted by Gasteiger charge is 2.02. The third kappa shape index (κ3) is 5.71. The van der Waals surface area contributed by atoms with Crippen LogP contribution >= 0.6 is 27.5 Å². The first kappa shape index (κ1) is 15.3. The Labute approximate surface area is 120 Å². The number of ether oxygens (including phenoxy) is 1. The summed E-state index contributed by atoms with van der Waals surface area (Å²) in [4.78, 5) is 10.9. The molecule has 0 bridgehead atoms. The molecule has 18 heavy (non-hydrogen) atoms. The van der Waals surface area contributed by atoms with Crippen LogP contribution in [-0.2, 0) is 4.79 Å². The Bertz CT molecular complexity index is 402. The van der Waals surface area contributed by atoms with Crippen LogP contribution < -0.4 is 16.0 Å². The van der Waals surface area contributed by atoms with Crippen LogP contribution in [0.3, 0.4) is 0 Å². The Hall–Kier alpha value is -0.780. The predicted octanol–water partition coefficient (Wildman–Crippen LogP) is 3.03. The van der Waals surface area contributed by atoms with Crippen molar-refractivity contribution in [3.05, 3.63) is 27.7 Å². The molecule has 4 nitrogen and oxygen atoms in total. The van der Waals surface area contributed by atoms with Gasteiger partial charge in [-0.25, -0.2) is 5.84 Å². The Morgan fingerprint density at radius 1 is 1.39 bits per heavy atom. The zero-order valence-electron chi connectivity index (χ0n) is 9.92. The molecule has 3 N–H and O–H groups in total. The highest BCUT2D eigenvalue weighted by molar-refractivity contribution is 9.10. The van der Waals surface area contributed by atoms with E-state index in [0.29, 0.717) is 23.8 Å². The molecule has 0 aliphatic heterocycles. The van der Waals surface area contributed by atoms with Gasteiger partial charge in [-0.1, -0.05) is 27.5 Å². The second kappa shape index (κ2) is 8.34. The summed E-state index contributed by atoms with van der Waals surface area (Å²) in [6.45, 7) is 0.584. The van der Waals surface area contributed by atoms with E-state index in [1.54, 1.807) is 6.07 Å². The standard InChI is InChI=1S/C12H16BrClN2O2/c13-9-5-6-10(14)11(8-9)18-7-3-1-2-4-12(17)16-15/h5-6,8H,1-4,7,15H2,(H,16,17). The van der Waals surface area contributed by atoms with Gasteiger partial charge >= 0.3 is 0 Å². The van der Waals surface area contributed by atoms with E-state index < -0.39 is 0 Å². The average Bonchev–Trinajstić information content (AvgIpc) is 2.37. The monoisotopic (exact) mass is 334 g/mol. The lowest BCUT2D eigenvalue weighted by Gasteiger charge is -2.08. The molecule has 100 valence electrons. The van der Waals surface area contributed by atoms with Gasteiger partial charge in [0.25, 0.3) is 0 Å². The van der Waals surface area contributed by atoms with Gasteiger partial charge in [0, 0.05) is 10.9 Å². The number of hydrazine groups is 1. The Kier molecular flexibility index (Phi) is 7.08. The third-order valence-electron chi connectivity index (χ3n) is 2.36. The number of rotatable bonds is 7. The quantitative estimate of drug-likeness (QED) is 0.348. The zero-order chi connectivity index (χ0) is 13.4. The second-order valence-corrected chi connectivity index (χ2v) is 5.12. The van der Waals surface area contributed by atoms with Gasteiger partial charge in [-0.2, -0.15) is 0 Å². The van der Waals surface area contributed by atoms with Gasteiger partial charge in [-0.15, -0.1) is 0 Å². The van der Waals surface area contributed by atoms with Crippen molar-refractivity contribution in [1.82, 2.24) is 5.43 Å². The first-order valence-electron chi connectivity index (χ1n) is 5.71. The summed E-state index contributed by atoms with van der Waals surface area (Å²) < 4.78 is 6.50. The Morgan fingerprint density at radius 3 is 2.89 bits per heavy atom. The molecular formula is C12H16BrClN2O2. The van der Waals surface area contributed by atoms with Crippen LogP contribution in [0.1, 0.15) is 25.7 Å². The fourth-order valence-corrected chi connectivity index (χ4v) is 1.92. The predicted molar refractivity (Wildman–Crippen MR) is 75.4 cm³/mol. The minimum Gasteiger partial charge on any atom is -0.492 e. The highest BCUT2D eigenvalue weighted by atomic mass is 79.9. The second-order valence-electron chi connectivity index (χ2n) is 3.80. The van der Waals surface area contributed by atoms with Gasteiger partial charge in [0.15, 0.2) is 0 Å². The van der Waals surface area contributed by atoms with Crippen LogP contribution in [0, 0.1) is 0 Å². The van der Waals surface area contributed by atoms with E-state index in [1.807, 2.05) is 12.1 Å². The molecule has 0 fully saturated rings. The molecule has 0 spiro atoms. The van der Waals surface area contributed by atoms with Gasteiger partial charge in [0.05, 0.1) is 11.6 Å². The molecule has 0 aliphatic rings. The smallest absolute Gasteiger partial charge is 0.233 e. The fraction of sp³-hybridized carbons (Fsp3) is 0.417.